The van der Waals surface area contributed by atoms with Crippen LogP contribution in [0.5, 0.6) is 0 Å². The first kappa shape index (κ1) is 15.2. The number of anilines is 2. The number of carbonyl (C=O) groups is 1. The summed E-state index contributed by atoms with van der Waals surface area (Å²) in [5, 5.41) is 2.33. The SMILES string of the molecule is C=CCN(CC=C)c1nc(NC(=O)OC)n2oc(=O)nc2n1. The van der Waals surface area contributed by atoms with Crippen LogP contribution < -0.4 is 16.0 Å². The molecular weight excluding hydrogens is 292 g/mol. The monoisotopic (exact) mass is 306 g/mol. The van der Waals surface area contributed by atoms with Gasteiger partial charge in [0.25, 0.3) is 11.7 Å². The lowest BCUT2D eigenvalue weighted by molar-refractivity contribution is 0.186. The molecule has 0 aliphatic heterocycles. The van der Waals surface area contributed by atoms with Gasteiger partial charge in [0, 0.05) is 13.1 Å². The second kappa shape index (κ2) is 6.52. The zero-order valence-corrected chi connectivity index (χ0v) is 11.9. The van der Waals surface area contributed by atoms with Crippen LogP contribution in [0, 0.1) is 0 Å². The molecule has 0 spiro atoms. The van der Waals surface area contributed by atoms with Crippen molar-refractivity contribution < 1.29 is 14.1 Å². The Bertz CT molecular complexity index is 755. The van der Waals surface area contributed by atoms with Gasteiger partial charge < -0.3 is 14.2 Å². The molecule has 0 unspecified atom stereocenters. The van der Waals surface area contributed by atoms with Crippen LogP contribution in [0.25, 0.3) is 5.78 Å². The van der Waals surface area contributed by atoms with Gasteiger partial charge in [-0.05, 0) is 0 Å². The molecule has 1 amide bonds. The summed E-state index contributed by atoms with van der Waals surface area (Å²) in [5.41, 5.74) is 0. The van der Waals surface area contributed by atoms with Crippen molar-refractivity contribution in [2.24, 2.45) is 0 Å². The van der Waals surface area contributed by atoms with E-state index >= 15 is 0 Å². The predicted octanol–water partition coefficient (Wildman–Crippen LogP) is 0.434. The maximum absolute atomic E-state index is 11.4. The lowest BCUT2D eigenvalue weighted by Crippen LogP contribution is -2.27. The third-order valence-electron chi connectivity index (χ3n) is 2.52. The van der Waals surface area contributed by atoms with E-state index < -0.39 is 11.8 Å². The molecular formula is C12H14N6O4. The van der Waals surface area contributed by atoms with Crippen LogP contribution in [0.4, 0.5) is 16.7 Å². The molecule has 22 heavy (non-hydrogen) atoms. The van der Waals surface area contributed by atoms with Crippen molar-refractivity contribution in [1.29, 1.82) is 0 Å². The zero-order chi connectivity index (χ0) is 16.1. The Kier molecular flexibility index (Phi) is 4.51. The molecule has 0 aliphatic carbocycles. The second-order valence-electron chi connectivity index (χ2n) is 4.01. The van der Waals surface area contributed by atoms with E-state index in [2.05, 4.69) is 38.2 Å². The number of amides is 1. The zero-order valence-electron chi connectivity index (χ0n) is 11.9. The third kappa shape index (κ3) is 3.11. The number of aromatic nitrogens is 4. The number of nitrogens with zero attached hydrogens (tertiary/aromatic N) is 5. The van der Waals surface area contributed by atoms with Gasteiger partial charge >= 0.3 is 11.8 Å². The van der Waals surface area contributed by atoms with E-state index in [1.165, 1.54) is 7.11 Å². The summed E-state index contributed by atoms with van der Waals surface area (Å²) in [6.45, 7) is 8.16. The summed E-state index contributed by atoms with van der Waals surface area (Å²) >= 11 is 0. The average Bonchev–Trinajstić information content (AvgIpc) is 2.87. The molecule has 0 radical (unpaired) electrons. The van der Waals surface area contributed by atoms with Crippen LogP contribution in [0.15, 0.2) is 34.6 Å². The fraction of sp³-hybridized carbons (Fsp3) is 0.250. The van der Waals surface area contributed by atoms with Gasteiger partial charge in [-0.1, -0.05) is 16.7 Å². The van der Waals surface area contributed by atoms with Crippen LogP contribution in [0.3, 0.4) is 0 Å². The largest absolute Gasteiger partial charge is 0.462 e. The summed E-state index contributed by atoms with van der Waals surface area (Å²) in [4.78, 5) is 36.2. The summed E-state index contributed by atoms with van der Waals surface area (Å²) < 4.78 is 10.2. The Morgan fingerprint density at radius 3 is 2.64 bits per heavy atom. The molecule has 0 aliphatic rings. The minimum Gasteiger partial charge on any atom is -0.453 e. The Morgan fingerprint density at radius 1 is 1.36 bits per heavy atom. The molecule has 0 bridgehead atoms. The van der Waals surface area contributed by atoms with Crippen molar-refractivity contribution in [3.05, 3.63) is 35.9 Å². The Labute approximate surface area is 124 Å². The van der Waals surface area contributed by atoms with Gasteiger partial charge in [0.1, 0.15) is 0 Å². The van der Waals surface area contributed by atoms with E-state index in [4.69, 9.17) is 4.52 Å². The van der Waals surface area contributed by atoms with Gasteiger partial charge in [0.05, 0.1) is 7.11 Å². The minimum absolute atomic E-state index is 0.0421. The third-order valence-corrected chi connectivity index (χ3v) is 2.52. The molecule has 2 heterocycles. The summed E-state index contributed by atoms with van der Waals surface area (Å²) in [7, 11) is 1.19. The van der Waals surface area contributed by atoms with Crippen molar-refractivity contribution in [2.75, 3.05) is 30.4 Å². The van der Waals surface area contributed by atoms with Gasteiger partial charge in [-0.25, -0.2) is 9.59 Å². The normalized spacial score (nSPS) is 10.2. The smallest absolute Gasteiger partial charge is 0.453 e. The molecule has 2 rings (SSSR count). The van der Waals surface area contributed by atoms with Crippen molar-refractivity contribution in [2.45, 2.75) is 0 Å². The first-order chi connectivity index (χ1) is 10.6. The molecule has 0 aromatic carbocycles. The summed E-state index contributed by atoms with van der Waals surface area (Å²) in [6.07, 6.45) is 2.53. The van der Waals surface area contributed by atoms with Gasteiger partial charge in [-0.2, -0.15) is 9.97 Å². The Hall–Kier alpha value is -3.17. The van der Waals surface area contributed by atoms with Gasteiger partial charge in [0.15, 0.2) is 0 Å². The van der Waals surface area contributed by atoms with Crippen molar-refractivity contribution in [3.63, 3.8) is 0 Å². The van der Waals surface area contributed by atoms with E-state index in [1.54, 1.807) is 17.1 Å². The average molecular weight is 306 g/mol. The molecule has 0 saturated carbocycles. The standard InChI is InChI=1S/C12H14N6O4/c1-4-6-17(7-5-2)8-13-9(15-11(19)21-3)18-10(14-8)16-12(20)22-18/h4-5H,1-2,6-7H2,3H3,(H,13,14,15,16,19,20). The van der Waals surface area contributed by atoms with E-state index in [-0.39, 0.29) is 17.7 Å². The molecule has 2 aromatic rings. The minimum atomic E-state index is -0.863. The van der Waals surface area contributed by atoms with Crippen LogP contribution in [-0.4, -0.2) is 45.8 Å². The molecule has 2 aromatic heterocycles. The molecule has 10 heteroatoms. The van der Waals surface area contributed by atoms with Gasteiger partial charge in [0.2, 0.25) is 5.95 Å². The Balaban J connectivity index is 2.55. The van der Waals surface area contributed by atoms with Crippen molar-refractivity contribution in [3.8, 4) is 0 Å². The highest BCUT2D eigenvalue weighted by atomic mass is 16.5. The molecule has 1 N–H and O–H groups in total. The maximum atomic E-state index is 11.4. The van der Waals surface area contributed by atoms with E-state index in [0.717, 1.165) is 4.57 Å². The number of nitrogens with one attached hydrogen (secondary N) is 1. The van der Waals surface area contributed by atoms with Gasteiger partial charge in [-0.3, -0.25) is 5.32 Å². The molecule has 0 atom stereocenters. The van der Waals surface area contributed by atoms with Crippen molar-refractivity contribution >= 4 is 23.8 Å². The highest BCUT2D eigenvalue weighted by molar-refractivity contribution is 5.82. The number of carbonyl (C=O) groups excluding carboxylic acids is 1. The number of ether oxygens (including phenoxy) is 1. The lowest BCUT2D eigenvalue weighted by Gasteiger charge is -2.19. The highest BCUT2D eigenvalue weighted by Crippen LogP contribution is 2.14. The predicted molar refractivity (Wildman–Crippen MR) is 78.0 cm³/mol. The lowest BCUT2D eigenvalue weighted by atomic mass is 10.4. The van der Waals surface area contributed by atoms with E-state index in [9.17, 15) is 9.59 Å². The Morgan fingerprint density at radius 2 is 2.05 bits per heavy atom. The first-order valence-corrected chi connectivity index (χ1v) is 6.19. The quantitative estimate of drug-likeness (QED) is 0.764. The highest BCUT2D eigenvalue weighted by Gasteiger charge is 2.17. The first-order valence-electron chi connectivity index (χ1n) is 6.19. The number of rotatable bonds is 6. The molecule has 10 nitrogen and oxygen atoms in total. The topological polar surface area (TPSA) is 115 Å². The fourth-order valence-corrected chi connectivity index (χ4v) is 1.64. The van der Waals surface area contributed by atoms with Gasteiger partial charge in [-0.15, -0.1) is 18.1 Å². The van der Waals surface area contributed by atoms with Crippen LogP contribution >= 0.6 is 0 Å². The van der Waals surface area contributed by atoms with E-state index in [0.29, 0.717) is 13.1 Å². The summed E-state index contributed by atoms with van der Waals surface area (Å²) in [6, 6.07) is 0. The van der Waals surface area contributed by atoms with E-state index in [1.807, 2.05) is 0 Å². The maximum Gasteiger partial charge on any atom is 0.462 e. The van der Waals surface area contributed by atoms with Crippen molar-refractivity contribution in [1.82, 2.24) is 19.5 Å². The number of hydrogen-bond donors (Lipinski definition) is 1. The number of methoxy groups -OCH3 is 1. The number of hydrogen-bond acceptors (Lipinski definition) is 8. The van der Waals surface area contributed by atoms with Crippen LogP contribution in [0.2, 0.25) is 0 Å². The van der Waals surface area contributed by atoms with Crippen LogP contribution in [0.1, 0.15) is 0 Å². The molecule has 116 valence electrons. The summed E-state index contributed by atoms with van der Waals surface area (Å²) in [5.74, 6) is -0.767. The van der Waals surface area contributed by atoms with Crippen LogP contribution in [-0.2, 0) is 4.74 Å². The second-order valence-corrected chi connectivity index (χ2v) is 4.01. The molecule has 0 saturated heterocycles. The molecule has 0 fully saturated rings. The number of fused-ring (bicyclic) bond motifs is 1. The fourth-order valence-electron chi connectivity index (χ4n) is 1.64.